The minimum atomic E-state index is 0.684. The molecule has 0 saturated carbocycles. The van der Waals surface area contributed by atoms with E-state index >= 15 is 0 Å². The first-order chi connectivity index (χ1) is 11.3. The van der Waals surface area contributed by atoms with E-state index in [1.54, 1.807) is 6.33 Å². The van der Waals surface area contributed by atoms with E-state index < -0.39 is 0 Å². The highest BCUT2D eigenvalue weighted by Gasteiger charge is 2.17. The summed E-state index contributed by atoms with van der Waals surface area (Å²) in [5.74, 6) is 1.48. The Labute approximate surface area is 134 Å². The van der Waals surface area contributed by atoms with Gasteiger partial charge in [0.25, 0.3) is 0 Å². The molecule has 0 unspecified atom stereocenters. The first kappa shape index (κ1) is 14.0. The number of fused-ring (bicyclic) bond motifs is 1. The van der Waals surface area contributed by atoms with Crippen molar-refractivity contribution in [3.05, 3.63) is 36.2 Å². The van der Waals surface area contributed by atoms with Gasteiger partial charge >= 0.3 is 0 Å². The van der Waals surface area contributed by atoms with Gasteiger partial charge < -0.3 is 20.5 Å². The Morgan fingerprint density at radius 3 is 2.87 bits per heavy atom. The molecule has 1 saturated heterocycles. The van der Waals surface area contributed by atoms with Gasteiger partial charge in [-0.05, 0) is 24.6 Å². The van der Waals surface area contributed by atoms with Gasteiger partial charge in [0.2, 0.25) is 5.95 Å². The SMILES string of the molecule is Cc1cccc(Nc2nc(N3CCNCC3)nc3nc[nH]c23)c1. The predicted molar refractivity (Wildman–Crippen MR) is 91.2 cm³/mol. The minimum absolute atomic E-state index is 0.684. The van der Waals surface area contributed by atoms with E-state index in [-0.39, 0.29) is 0 Å². The molecular formula is C16H19N7. The number of nitrogens with one attached hydrogen (secondary N) is 3. The maximum absolute atomic E-state index is 4.73. The minimum Gasteiger partial charge on any atom is -0.340 e. The Morgan fingerprint density at radius 2 is 2.04 bits per heavy atom. The molecule has 7 heteroatoms. The molecule has 3 aromatic rings. The molecule has 1 fully saturated rings. The molecule has 4 rings (SSSR count). The predicted octanol–water partition coefficient (Wildman–Crippen LogP) is 1.81. The zero-order valence-corrected chi connectivity index (χ0v) is 13.0. The second-order valence-corrected chi connectivity index (χ2v) is 5.70. The maximum atomic E-state index is 4.73. The van der Waals surface area contributed by atoms with Gasteiger partial charge in [0.1, 0.15) is 5.52 Å². The third-order valence-electron chi connectivity index (χ3n) is 3.95. The summed E-state index contributed by atoms with van der Waals surface area (Å²) in [6.45, 7) is 5.77. The molecule has 2 aromatic heterocycles. The summed E-state index contributed by atoms with van der Waals surface area (Å²) in [5.41, 5.74) is 3.71. The van der Waals surface area contributed by atoms with Gasteiger partial charge in [-0.1, -0.05) is 12.1 Å². The molecule has 3 heterocycles. The van der Waals surface area contributed by atoms with Crippen molar-refractivity contribution < 1.29 is 0 Å². The molecule has 0 spiro atoms. The fourth-order valence-electron chi connectivity index (χ4n) is 2.78. The average molecular weight is 309 g/mol. The standard InChI is InChI=1S/C16H19N7/c1-11-3-2-4-12(9-11)20-15-13-14(19-10-18-13)21-16(22-15)23-7-5-17-6-8-23/h2-4,9-10,17H,5-8H2,1H3,(H2,18,19,20,21,22). The summed E-state index contributed by atoms with van der Waals surface area (Å²) in [7, 11) is 0. The van der Waals surface area contributed by atoms with Crippen LogP contribution in [0.4, 0.5) is 17.5 Å². The Kier molecular flexibility index (Phi) is 3.55. The summed E-state index contributed by atoms with van der Waals surface area (Å²) < 4.78 is 0. The van der Waals surface area contributed by atoms with Gasteiger partial charge in [0.05, 0.1) is 6.33 Å². The number of aromatic nitrogens is 4. The number of aromatic amines is 1. The Balaban J connectivity index is 1.73. The van der Waals surface area contributed by atoms with Gasteiger partial charge in [0.15, 0.2) is 11.5 Å². The van der Waals surface area contributed by atoms with Gasteiger partial charge in [-0.25, -0.2) is 4.98 Å². The van der Waals surface area contributed by atoms with E-state index in [9.17, 15) is 0 Å². The van der Waals surface area contributed by atoms with Crippen molar-refractivity contribution in [3.63, 3.8) is 0 Å². The van der Waals surface area contributed by atoms with Crippen molar-refractivity contribution in [2.24, 2.45) is 0 Å². The van der Waals surface area contributed by atoms with E-state index in [2.05, 4.69) is 49.5 Å². The maximum Gasteiger partial charge on any atom is 0.229 e. The Hall–Kier alpha value is -2.67. The lowest BCUT2D eigenvalue weighted by molar-refractivity contribution is 0.580. The van der Waals surface area contributed by atoms with Crippen LogP contribution in [0, 0.1) is 6.92 Å². The van der Waals surface area contributed by atoms with Crippen LogP contribution < -0.4 is 15.5 Å². The number of imidazole rings is 1. The quantitative estimate of drug-likeness (QED) is 0.684. The monoisotopic (exact) mass is 309 g/mol. The summed E-state index contributed by atoms with van der Waals surface area (Å²) >= 11 is 0. The normalized spacial score (nSPS) is 15.1. The molecule has 118 valence electrons. The molecule has 0 atom stereocenters. The van der Waals surface area contributed by atoms with Crippen LogP contribution in [0.15, 0.2) is 30.6 Å². The lowest BCUT2D eigenvalue weighted by Gasteiger charge is -2.27. The van der Waals surface area contributed by atoms with Crippen LogP contribution in [0.25, 0.3) is 11.2 Å². The fourth-order valence-corrected chi connectivity index (χ4v) is 2.78. The van der Waals surface area contributed by atoms with Crippen LogP contribution in [0.1, 0.15) is 5.56 Å². The van der Waals surface area contributed by atoms with Crippen molar-refractivity contribution in [3.8, 4) is 0 Å². The summed E-state index contributed by atoms with van der Waals surface area (Å²) in [6, 6.07) is 8.22. The zero-order valence-electron chi connectivity index (χ0n) is 13.0. The lowest BCUT2D eigenvalue weighted by Crippen LogP contribution is -2.44. The number of anilines is 3. The molecule has 0 aliphatic carbocycles. The molecule has 23 heavy (non-hydrogen) atoms. The summed E-state index contributed by atoms with van der Waals surface area (Å²) in [4.78, 5) is 18.9. The third-order valence-corrected chi connectivity index (χ3v) is 3.95. The first-order valence-corrected chi connectivity index (χ1v) is 7.80. The molecular weight excluding hydrogens is 290 g/mol. The largest absolute Gasteiger partial charge is 0.340 e. The van der Waals surface area contributed by atoms with Gasteiger partial charge in [-0.3, -0.25) is 0 Å². The van der Waals surface area contributed by atoms with Crippen molar-refractivity contribution in [1.29, 1.82) is 0 Å². The highest BCUT2D eigenvalue weighted by molar-refractivity contribution is 5.86. The number of piperazine rings is 1. The molecule has 1 aromatic carbocycles. The van der Waals surface area contributed by atoms with E-state index in [1.807, 2.05) is 12.1 Å². The summed E-state index contributed by atoms with van der Waals surface area (Å²) in [5, 5.41) is 6.73. The Morgan fingerprint density at radius 1 is 1.17 bits per heavy atom. The second-order valence-electron chi connectivity index (χ2n) is 5.70. The van der Waals surface area contributed by atoms with Gasteiger partial charge in [0, 0.05) is 31.9 Å². The van der Waals surface area contributed by atoms with Crippen LogP contribution in [0.2, 0.25) is 0 Å². The molecule has 3 N–H and O–H groups in total. The molecule has 7 nitrogen and oxygen atoms in total. The number of nitrogens with zero attached hydrogens (tertiary/aromatic N) is 4. The number of H-pyrrole nitrogens is 1. The van der Waals surface area contributed by atoms with Crippen LogP contribution in [0.3, 0.4) is 0 Å². The fraction of sp³-hybridized carbons (Fsp3) is 0.312. The van der Waals surface area contributed by atoms with E-state index in [4.69, 9.17) is 4.98 Å². The number of rotatable bonds is 3. The highest BCUT2D eigenvalue weighted by atomic mass is 15.3. The number of benzene rings is 1. The lowest BCUT2D eigenvalue weighted by atomic mass is 10.2. The van der Waals surface area contributed by atoms with Crippen molar-refractivity contribution in [2.45, 2.75) is 6.92 Å². The molecule has 1 aliphatic heterocycles. The van der Waals surface area contributed by atoms with Gasteiger partial charge in [-0.2, -0.15) is 9.97 Å². The summed E-state index contributed by atoms with van der Waals surface area (Å²) in [6.07, 6.45) is 1.66. The highest BCUT2D eigenvalue weighted by Crippen LogP contribution is 2.24. The molecule has 1 aliphatic rings. The average Bonchev–Trinajstić information content (AvgIpc) is 3.04. The number of aryl methyl sites for hydroxylation is 1. The third kappa shape index (κ3) is 2.83. The topological polar surface area (TPSA) is 81.8 Å². The van der Waals surface area contributed by atoms with Crippen molar-refractivity contribution >= 4 is 28.6 Å². The van der Waals surface area contributed by atoms with Crippen LogP contribution in [-0.2, 0) is 0 Å². The Bertz CT molecular complexity index is 820. The first-order valence-electron chi connectivity index (χ1n) is 7.80. The van der Waals surface area contributed by atoms with E-state index in [1.165, 1.54) is 5.56 Å². The van der Waals surface area contributed by atoms with E-state index in [0.29, 0.717) is 5.65 Å². The van der Waals surface area contributed by atoms with Crippen LogP contribution >= 0.6 is 0 Å². The van der Waals surface area contributed by atoms with Crippen LogP contribution in [0.5, 0.6) is 0 Å². The second kappa shape index (κ2) is 5.85. The molecule has 0 amide bonds. The van der Waals surface area contributed by atoms with Crippen LogP contribution in [-0.4, -0.2) is 46.1 Å². The van der Waals surface area contributed by atoms with Gasteiger partial charge in [-0.15, -0.1) is 0 Å². The number of hydrogen-bond donors (Lipinski definition) is 3. The molecule has 0 radical (unpaired) electrons. The zero-order chi connectivity index (χ0) is 15.6. The molecule has 0 bridgehead atoms. The van der Waals surface area contributed by atoms with Crippen molar-refractivity contribution in [1.82, 2.24) is 25.3 Å². The van der Waals surface area contributed by atoms with Crippen molar-refractivity contribution in [2.75, 3.05) is 36.4 Å². The number of hydrogen-bond acceptors (Lipinski definition) is 6. The van der Waals surface area contributed by atoms with E-state index in [0.717, 1.165) is 49.1 Å². The smallest absolute Gasteiger partial charge is 0.229 e.